The van der Waals surface area contributed by atoms with Crippen molar-refractivity contribution >= 4 is 22.5 Å². The number of aryl methyl sites for hydroxylation is 1. The van der Waals surface area contributed by atoms with Crippen LogP contribution < -0.4 is 14.4 Å². The summed E-state index contributed by atoms with van der Waals surface area (Å²) in [6.45, 7) is 1.63. The number of amides is 1. The topological polar surface area (TPSA) is 43.7 Å². The highest BCUT2D eigenvalue weighted by molar-refractivity contribution is 6.11. The number of hydrogen-bond donors (Lipinski definition) is 0. The molecule has 3 heterocycles. The fourth-order valence-electron chi connectivity index (χ4n) is 3.48. The number of carbonyl (C=O) groups excluding carboxylic acids is 1. The Bertz CT molecular complexity index is 990. The van der Waals surface area contributed by atoms with Crippen molar-refractivity contribution in [1.29, 1.82) is 0 Å². The van der Waals surface area contributed by atoms with Gasteiger partial charge in [-0.2, -0.15) is 0 Å². The standard InChI is InChI=1S/C19H16N2O3/c1-20-5-4-12-2-3-14(9-16(12)20)21-11-13-8-17-18(24-7-6-23-17)10-15(13)19(21)22/h2-5,8-10H,6-7,11H2,1H3. The zero-order valence-corrected chi connectivity index (χ0v) is 13.3. The van der Waals surface area contributed by atoms with Gasteiger partial charge in [0.05, 0.1) is 6.54 Å². The fourth-order valence-corrected chi connectivity index (χ4v) is 3.48. The van der Waals surface area contributed by atoms with Crippen LogP contribution in [0.15, 0.2) is 42.6 Å². The molecule has 0 saturated heterocycles. The van der Waals surface area contributed by atoms with E-state index in [-0.39, 0.29) is 5.91 Å². The molecule has 1 aromatic heterocycles. The maximum Gasteiger partial charge on any atom is 0.259 e. The van der Waals surface area contributed by atoms with Gasteiger partial charge in [-0.05, 0) is 41.3 Å². The Labute approximate surface area is 139 Å². The van der Waals surface area contributed by atoms with E-state index < -0.39 is 0 Å². The Kier molecular flexibility index (Phi) is 2.68. The minimum atomic E-state index is 0.00975. The van der Waals surface area contributed by atoms with Crippen LogP contribution in [-0.2, 0) is 13.6 Å². The van der Waals surface area contributed by atoms with E-state index in [0.29, 0.717) is 31.1 Å². The van der Waals surface area contributed by atoms with E-state index in [1.807, 2.05) is 36.3 Å². The van der Waals surface area contributed by atoms with Gasteiger partial charge in [0.15, 0.2) is 11.5 Å². The zero-order valence-electron chi connectivity index (χ0n) is 13.3. The normalized spacial score (nSPS) is 15.9. The second-order valence-electron chi connectivity index (χ2n) is 6.21. The summed E-state index contributed by atoms with van der Waals surface area (Å²) in [6.07, 6.45) is 2.03. The summed E-state index contributed by atoms with van der Waals surface area (Å²) >= 11 is 0. The van der Waals surface area contributed by atoms with E-state index in [2.05, 4.69) is 22.8 Å². The van der Waals surface area contributed by atoms with E-state index >= 15 is 0 Å². The van der Waals surface area contributed by atoms with Gasteiger partial charge >= 0.3 is 0 Å². The molecule has 0 fully saturated rings. The summed E-state index contributed by atoms with van der Waals surface area (Å²) in [5.74, 6) is 1.40. The van der Waals surface area contributed by atoms with E-state index in [1.165, 1.54) is 5.39 Å². The highest BCUT2D eigenvalue weighted by Crippen LogP contribution is 2.38. The molecule has 0 spiro atoms. The van der Waals surface area contributed by atoms with Gasteiger partial charge in [-0.15, -0.1) is 0 Å². The summed E-state index contributed by atoms with van der Waals surface area (Å²) in [5.41, 5.74) is 3.70. The molecule has 1 amide bonds. The molecule has 0 radical (unpaired) electrons. The van der Waals surface area contributed by atoms with Crippen molar-refractivity contribution in [3.05, 3.63) is 53.7 Å². The molecule has 2 aliphatic rings. The van der Waals surface area contributed by atoms with Crippen molar-refractivity contribution in [3.63, 3.8) is 0 Å². The Hall–Kier alpha value is -2.95. The highest BCUT2D eigenvalue weighted by Gasteiger charge is 2.31. The Balaban J connectivity index is 1.57. The van der Waals surface area contributed by atoms with E-state index in [0.717, 1.165) is 22.5 Å². The van der Waals surface area contributed by atoms with Gasteiger partial charge in [0.25, 0.3) is 5.91 Å². The number of hydrogen-bond acceptors (Lipinski definition) is 3. The van der Waals surface area contributed by atoms with Crippen molar-refractivity contribution < 1.29 is 14.3 Å². The molecule has 0 unspecified atom stereocenters. The van der Waals surface area contributed by atoms with Gasteiger partial charge in [0.2, 0.25) is 0 Å². The Morgan fingerprint density at radius 1 is 1.00 bits per heavy atom. The van der Waals surface area contributed by atoms with Crippen molar-refractivity contribution in [2.75, 3.05) is 18.1 Å². The average Bonchev–Trinajstić information content (AvgIpc) is 3.13. The van der Waals surface area contributed by atoms with Crippen molar-refractivity contribution in [1.82, 2.24) is 4.57 Å². The number of rotatable bonds is 1. The van der Waals surface area contributed by atoms with Crippen molar-refractivity contribution in [2.45, 2.75) is 6.54 Å². The molecule has 5 rings (SSSR count). The van der Waals surface area contributed by atoms with E-state index in [1.54, 1.807) is 0 Å². The first-order valence-corrected chi connectivity index (χ1v) is 8.00. The molecule has 0 saturated carbocycles. The van der Waals surface area contributed by atoms with Gasteiger partial charge in [-0.25, -0.2) is 0 Å². The highest BCUT2D eigenvalue weighted by atomic mass is 16.6. The lowest BCUT2D eigenvalue weighted by Gasteiger charge is -2.18. The zero-order chi connectivity index (χ0) is 16.3. The van der Waals surface area contributed by atoms with Gasteiger partial charge in [-0.1, -0.05) is 6.07 Å². The number of benzene rings is 2. The minimum Gasteiger partial charge on any atom is -0.486 e. The number of ether oxygens (including phenoxy) is 2. The molecular weight excluding hydrogens is 304 g/mol. The third-order valence-electron chi connectivity index (χ3n) is 4.76. The quantitative estimate of drug-likeness (QED) is 0.692. The molecule has 120 valence electrons. The third-order valence-corrected chi connectivity index (χ3v) is 4.76. The first-order chi connectivity index (χ1) is 11.7. The second-order valence-corrected chi connectivity index (χ2v) is 6.21. The van der Waals surface area contributed by atoms with Gasteiger partial charge in [-0.3, -0.25) is 4.79 Å². The average molecular weight is 320 g/mol. The monoisotopic (exact) mass is 320 g/mol. The molecule has 24 heavy (non-hydrogen) atoms. The Morgan fingerprint density at radius 3 is 2.62 bits per heavy atom. The molecule has 3 aromatic rings. The molecule has 5 heteroatoms. The SMILES string of the molecule is Cn1ccc2ccc(N3Cc4cc5c(cc4C3=O)OCCO5)cc21. The molecular formula is C19H16N2O3. The van der Waals surface area contributed by atoms with Crippen molar-refractivity contribution in [2.24, 2.45) is 7.05 Å². The fraction of sp³-hybridized carbons (Fsp3) is 0.211. The predicted octanol–water partition coefficient (Wildman–Crippen LogP) is 3.11. The summed E-state index contributed by atoms with van der Waals surface area (Å²) in [5, 5.41) is 1.17. The van der Waals surface area contributed by atoms with Crippen LogP contribution in [0.3, 0.4) is 0 Å². The lowest BCUT2D eigenvalue weighted by molar-refractivity contribution is 0.0996. The second kappa shape index (κ2) is 4.77. The molecule has 0 aliphatic carbocycles. The molecule has 2 aromatic carbocycles. The van der Waals surface area contributed by atoms with Crippen LogP contribution >= 0.6 is 0 Å². The first-order valence-electron chi connectivity index (χ1n) is 8.00. The van der Waals surface area contributed by atoms with Crippen LogP contribution in [0.1, 0.15) is 15.9 Å². The van der Waals surface area contributed by atoms with Crippen LogP contribution in [0.4, 0.5) is 5.69 Å². The smallest absolute Gasteiger partial charge is 0.259 e. The molecule has 0 bridgehead atoms. The van der Waals surface area contributed by atoms with E-state index in [4.69, 9.17) is 9.47 Å². The first kappa shape index (κ1) is 13.5. The predicted molar refractivity (Wildman–Crippen MR) is 90.9 cm³/mol. The van der Waals surface area contributed by atoms with Crippen molar-refractivity contribution in [3.8, 4) is 11.5 Å². The van der Waals surface area contributed by atoms with Crippen LogP contribution in [-0.4, -0.2) is 23.7 Å². The summed E-state index contributed by atoms with van der Waals surface area (Å²) < 4.78 is 13.3. The number of carbonyl (C=O) groups is 1. The summed E-state index contributed by atoms with van der Waals surface area (Å²) in [4.78, 5) is 14.7. The number of nitrogens with zero attached hydrogens (tertiary/aromatic N) is 2. The van der Waals surface area contributed by atoms with Crippen LogP contribution in [0.2, 0.25) is 0 Å². The number of aromatic nitrogens is 1. The number of fused-ring (bicyclic) bond motifs is 3. The molecule has 0 N–H and O–H groups in total. The minimum absolute atomic E-state index is 0.00975. The van der Waals surface area contributed by atoms with Crippen LogP contribution in [0.25, 0.3) is 10.9 Å². The number of anilines is 1. The third kappa shape index (κ3) is 1.84. The molecule has 2 aliphatic heterocycles. The maximum absolute atomic E-state index is 12.9. The maximum atomic E-state index is 12.9. The lowest BCUT2D eigenvalue weighted by Crippen LogP contribution is -2.23. The van der Waals surface area contributed by atoms with Gasteiger partial charge in [0, 0.05) is 30.0 Å². The summed E-state index contributed by atoms with van der Waals surface area (Å²) in [6, 6.07) is 11.9. The van der Waals surface area contributed by atoms with Gasteiger partial charge in [0.1, 0.15) is 13.2 Å². The largest absolute Gasteiger partial charge is 0.486 e. The van der Waals surface area contributed by atoms with Crippen LogP contribution in [0, 0.1) is 0 Å². The van der Waals surface area contributed by atoms with Crippen LogP contribution in [0.5, 0.6) is 11.5 Å². The molecule has 5 nitrogen and oxygen atoms in total. The summed E-state index contributed by atoms with van der Waals surface area (Å²) in [7, 11) is 2.01. The lowest BCUT2D eigenvalue weighted by atomic mass is 10.1. The Morgan fingerprint density at radius 2 is 1.79 bits per heavy atom. The van der Waals surface area contributed by atoms with E-state index in [9.17, 15) is 4.79 Å². The molecule has 0 atom stereocenters. The van der Waals surface area contributed by atoms with Gasteiger partial charge < -0.3 is 18.9 Å².